The normalized spacial score (nSPS) is 13.8. The molecule has 0 spiro atoms. The van der Waals surface area contributed by atoms with Crippen LogP contribution in [0.1, 0.15) is 22.3 Å². The number of anilines is 1. The number of benzene rings is 4. The average Bonchev–Trinajstić information content (AvgIpc) is 3.20. The van der Waals surface area contributed by atoms with E-state index < -0.39 is 0 Å². The van der Waals surface area contributed by atoms with E-state index in [1.807, 2.05) is 91.0 Å². The van der Waals surface area contributed by atoms with E-state index in [1.54, 1.807) is 26.2 Å². The van der Waals surface area contributed by atoms with Crippen LogP contribution in [0.5, 0.6) is 17.2 Å². The Bertz CT molecular complexity index is 1450. The highest BCUT2D eigenvalue weighted by Crippen LogP contribution is 2.45. The molecule has 0 N–H and O–H groups in total. The summed E-state index contributed by atoms with van der Waals surface area (Å²) in [6, 6.07) is 29.2. The summed E-state index contributed by atoms with van der Waals surface area (Å²) in [4.78, 5) is 16.0. The molecule has 0 bridgehead atoms. The van der Waals surface area contributed by atoms with Crippen molar-refractivity contribution in [3.63, 3.8) is 0 Å². The fourth-order valence-electron chi connectivity index (χ4n) is 4.76. The molecule has 5 nitrogen and oxygen atoms in total. The second-order valence-corrected chi connectivity index (χ2v) is 9.00. The summed E-state index contributed by atoms with van der Waals surface area (Å²) < 4.78 is 16.5. The average molecular weight is 512 g/mol. The fraction of sp³-hybridized carbons (Fsp3) is 0.129. The van der Waals surface area contributed by atoms with Gasteiger partial charge in [-0.1, -0.05) is 72.3 Å². The molecular formula is C31H26ClNO4. The first-order valence-electron chi connectivity index (χ1n) is 11.8. The van der Waals surface area contributed by atoms with Crippen LogP contribution < -0.4 is 19.1 Å². The molecule has 0 saturated heterocycles. The minimum atomic E-state index is -0.0799. The summed E-state index contributed by atoms with van der Waals surface area (Å²) in [7, 11) is 4.73. The predicted molar refractivity (Wildman–Crippen MR) is 148 cm³/mol. The van der Waals surface area contributed by atoms with Gasteiger partial charge in [-0.25, -0.2) is 0 Å². The molecule has 1 aliphatic heterocycles. The van der Waals surface area contributed by atoms with E-state index in [4.69, 9.17) is 25.8 Å². The van der Waals surface area contributed by atoms with Gasteiger partial charge in [0.05, 0.1) is 39.1 Å². The second-order valence-electron chi connectivity index (χ2n) is 8.56. The van der Waals surface area contributed by atoms with Gasteiger partial charge < -0.3 is 19.1 Å². The van der Waals surface area contributed by atoms with E-state index in [0.29, 0.717) is 34.4 Å². The number of fused-ring (bicyclic) bond motifs is 1. The molecule has 5 rings (SSSR count). The number of para-hydroxylation sites is 1. The number of carbonyl (C=O) groups excluding carboxylic acids is 1. The molecule has 37 heavy (non-hydrogen) atoms. The molecule has 186 valence electrons. The maximum absolute atomic E-state index is 14.2. The van der Waals surface area contributed by atoms with Crippen molar-refractivity contribution in [1.82, 2.24) is 0 Å². The lowest BCUT2D eigenvalue weighted by Crippen LogP contribution is -2.26. The highest BCUT2D eigenvalue weighted by molar-refractivity contribution is 6.39. The molecule has 4 aromatic rings. The van der Waals surface area contributed by atoms with Crippen molar-refractivity contribution < 1.29 is 19.0 Å². The van der Waals surface area contributed by atoms with Crippen LogP contribution in [0.15, 0.2) is 91.0 Å². The number of carbonyl (C=O) groups is 1. The van der Waals surface area contributed by atoms with Gasteiger partial charge in [0.2, 0.25) is 5.75 Å². The van der Waals surface area contributed by atoms with Crippen LogP contribution in [0.3, 0.4) is 0 Å². The zero-order chi connectivity index (χ0) is 25.9. The van der Waals surface area contributed by atoms with Crippen LogP contribution >= 0.6 is 11.6 Å². The minimum Gasteiger partial charge on any atom is -0.493 e. The van der Waals surface area contributed by atoms with Crippen LogP contribution in [-0.4, -0.2) is 27.2 Å². The van der Waals surface area contributed by atoms with Crippen LogP contribution in [0.2, 0.25) is 5.02 Å². The zero-order valence-corrected chi connectivity index (χ0v) is 21.6. The van der Waals surface area contributed by atoms with Gasteiger partial charge in [-0.2, -0.15) is 0 Å². The number of methoxy groups -OCH3 is 3. The van der Waals surface area contributed by atoms with Crippen molar-refractivity contribution in [1.29, 1.82) is 0 Å². The summed E-state index contributed by atoms with van der Waals surface area (Å²) in [5, 5.41) is 0.642. The fourth-order valence-corrected chi connectivity index (χ4v) is 4.89. The molecule has 1 amide bonds. The molecule has 0 fully saturated rings. The van der Waals surface area contributed by atoms with Crippen molar-refractivity contribution >= 4 is 34.3 Å². The van der Waals surface area contributed by atoms with Crippen LogP contribution in [-0.2, 0) is 11.3 Å². The van der Waals surface area contributed by atoms with Gasteiger partial charge in [-0.05, 0) is 47.0 Å². The Hall–Kier alpha value is -4.22. The summed E-state index contributed by atoms with van der Waals surface area (Å²) in [6.07, 6.45) is 0. The first-order chi connectivity index (χ1) is 18.0. The number of ether oxygens (including phenoxy) is 3. The summed E-state index contributed by atoms with van der Waals surface area (Å²) >= 11 is 6.20. The third kappa shape index (κ3) is 4.54. The molecule has 6 heteroatoms. The highest BCUT2D eigenvalue weighted by atomic mass is 35.5. The molecule has 0 unspecified atom stereocenters. The van der Waals surface area contributed by atoms with E-state index in [1.165, 1.54) is 0 Å². The van der Waals surface area contributed by atoms with E-state index in [0.717, 1.165) is 33.5 Å². The monoisotopic (exact) mass is 511 g/mol. The first-order valence-corrected chi connectivity index (χ1v) is 12.2. The van der Waals surface area contributed by atoms with Gasteiger partial charge in [0.25, 0.3) is 5.91 Å². The topological polar surface area (TPSA) is 48.0 Å². The number of amides is 1. The van der Waals surface area contributed by atoms with E-state index >= 15 is 0 Å². The van der Waals surface area contributed by atoms with Gasteiger partial charge in [0.15, 0.2) is 11.5 Å². The SMILES string of the molecule is COc1cc(CN2C(=O)C(=C(c3ccccc3)c3ccc(Cl)cc3)c3ccccc32)cc(OC)c1OC. The van der Waals surface area contributed by atoms with Gasteiger partial charge in [0, 0.05) is 16.2 Å². The van der Waals surface area contributed by atoms with E-state index in [2.05, 4.69) is 0 Å². The van der Waals surface area contributed by atoms with Crippen LogP contribution in [0.25, 0.3) is 11.1 Å². The van der Waals surface area contributed by atoms with Crippen molar-refractivity contribution in [2.75, 3.05) is 26.2 Å². The second kappa shape index (κ2) is 10.4. The highest BCUT2D eigenvalue weighted by Gasteiger charge is 2.35. The summed E-state index contributed by atoms with van der Waals surface area (Å²) in [5.74, 6) is 1.51. The smallest absolute Gasteiger partial charge is 0.259 e. The Balaban J connectivity index is 1.68. The number of rotatable bonds is 7. The largest absolute Gasteiger partial charge is 0.493 e. The molecule has 0 atom stereocenters. The Morgan fingerprint density at radius 2 is 1.35 bits per heavy atom. The van der Waals surface area contributed by atoms with Gasteiger partial charge in [0.1, 0.15) is 0 Å². The molecule has 0 aliphatic carbocycles. The Morgan fingerprint density at radius 1 is 0.757 bits per heavy atom. The quantitative estimate of drug-likeness (QED) is 0.254. The predicted octanol–water partition coefficient (Wildman–Crippen LogP) is 6.87. The third-order valence-corrected chi connectivity index (χ3v) is 6.69. The summed E-state index contributed by atoms with van der Waals surface area (Å²) in [6.45, 7) is 0.332. The zero-order valence-electron chi connectivity index (χ0n) is 20.8. The molecule has 0 saturated carbocycles. The van der Waals surface area contributed by atoms with E-state index in [-0.39, 0.29) is 5.91 Å². The Kier molecular flexibility index (Phi) is 6.89. The molecule has 0 aromatic heterocycles. The minimum absolute atomic E-state index is 0.0799. The number of halogens is 1. The molecule has 4 aromatic carbocycles. The van der Waals surface area contributed by atoms with Crippen molar-refractivity contribution in [3.8, 4) is 17.2 Å². The van der Waals surface area contributed by atoms with Crippen molar-refractivity contribution in [3.05, 3.63) is 118 Å². The lowest BCUT2D eigenvalue weighted by Gasteiger charge is -2.20. The molecular weight excluding hydrogens is 486 g/mol. The molecule has 1 heterocycles. The van der Waals surface area contributed by atoms with Gasteiger partial charge in [-0.3, -0.25) is 4.79 Å². The van der Waals surface area contributed by atoms with Crippen molar-refractivity contribution in [2.45, 2.75) is 6.54 Å². The Labute approximate surface area is 221 Å². The maximum Gasteiger partial charge on any atom is 0.259 e. The standard InChI is InChI=1S/C31H26ClNO4/c1-35-26-17-20(18-27(36-2)30(26)37-3)19-33-25-12-8-7-11-24(25)29(31(33)34)28(21-9-5-4-6-10-21)22-13-15-23(32)16-14-22/h4-18H,19H2,1-3H3. The lowest BCUT2D eigenvalue weighted by atomic mass is 9.90. The lowest BCUT2D eigenvalue weighted by molar-refractivity contribution is -0.113. The maximum atomic E-state index is 14.2. The molecule has 0 radical (unpaired) electrons. The summed E-state index contributed by atoms with van der Waals surface area (Å²) in [5.41, 5.74) is 5.97. The number of nitrogens with zero attached hydrogens (tertiary/aromatic N) is 1. The first kappa shape index (κ1) is 24.5. The third-order valence-electron chi connectivity index (χ3n) is 6.43. The van der Waals surface area contributed by atoms with Crippen LogP contribution in [0, 0.1) is 0 Å². The Morgan fingerprint density at radius 3 is 1.97 bits per heavy atom. The number of hydrogen-bond acceptors (Lipinski definition) is 4. The number of hydrogen-bond donors (Lipinski definition) is 0. The van der Waals surface area contributed by atoms with Crippen molar-refractivity contribution in [2.24, 2.45) is 0 Å². The van der Waals surface area contributed by atoms with E-state index in [9.17, 15) is 4.79 Å². The molecule has 1 aliphatic rings. The van der Waals surface area contributed by atoms with Gasteiger partial charge in [-0.15, -0.1) is 0 Å². The van der Waals surface area contributed by atoms with Gasteiger partial charge >= 0.3 is 0 Å². The van der Waals surface area contributed by atoms with Crippen LogP contribution in [0.4, 0.5) is 5.69 Å².